The van der Waals surface area contributed by atoms with E-state index in [1.165, 1.54) is 0 Å². The molecule has 0 fully saturated rings. The van der Waals surface area contributed by atoms with E-state index in [-0.39, 0.29) is 5.56 Å². The molecule has 0 radical (unpaired) electrons. The second-order valence-electron chi connectivity index (χ2n) is 4.63. The third kappa shape index (κ3) is 2.31. The molecule has 98 valence electrons. The van der Waals surface area contributed by atoms with Crippen molar-refractivity contribution in [3.63, 3.8) is 0 Å². The molecule has 0 bridgehead atoms. The Morgan fingerprint density at radius 3 is 3.11 bits per heavy atom. The largest absolute Gasteiger partial charge is 0.478 e. The van der Waals surface area contributed by atoms with Crippen molar-refractivity contribution in [1.29, 1.82) is 0 Å². The first kappa shape index (κ1) is 11.8. The van der Waals surface area contributed by atoms with Crippen LogP contribution in [0, 0.1) is 0 Å². The molecule has 0 spiro atoms. The number of carboxylic acids is 1. The second kappa shape index (κ2) is 4.76. The van der Waals surface area contributed by atoms with Crippen LogP contribution in [0.5, 0.6) is 0 Å². The maximum atomic E-state index is 11.3. The predicted molar refractivity (Wildman–Crippen MR) is 69.3 cm³/mol. The molecule has 2 aromatic rings. The lowest BCUT2D eigenvalue weighted by atomic mass is 10.1. The average molecular weight is 258 g/mol. The number of carboxylic acid groups (broad SMARTS) is 1. The first-order valence-corrected chi connectivity index (χ1v) is 6.25. The van der Waals surface area contributed by atoms with Gasteiger partial charge in [0.1, 0.15) is 11.4 Å². The van der Waals surface area contributed by atoms with Crippen molar-refractivity contribution < 1.29 is 14.3 Å². The predicted octanol–water partition coefficient (Wildman–Crippen LogP) is 2.47. The summed E-state index contributed by atoms with van der Waals surface area (Å²) in [6.45, 7) is 0.503. The molecular weight excluding hydrogens is 244 g/mol. The summed E-state index contributed by atoms with van der Waals surface area (Å²) in [5.41, 5.74) is 3.27. The van der Waals surface area contributed by atoms with E-state index in [1.807, 2.05) is 6.07 Å². The van der Waals surface area contributed by atoms with Crippen LogP contribution in [-0.2, 0) is 19.4 Å². The van der Waals surface area contributed by atoms with Crippen molar-refractivity contribution in [1.82, 2.24) is 4.98 Å². The van der Waals surface area contributed by atoms with Gasteiger partial charge in [-0.05, 0) is 37.0 Å². The SMILES string of the molecule is O=C(O)c1cc2c(nc1NCc1ccoc1)CCC2. The van der Waals surface area contributed by atoms with Crippen LogP contribution in [0.4, 0.5) is 5.82 Å². The van der Waals surface area contributed by atoms with E-state index in [2.05, 4.69) is 10.3 Å². The number of anilines is 1. The summed E-state index contributed by atoms with van der Waals surface area (Å²) in [6, 6.07) is 3.58. The molecule has 0 atom stereocenters. The summed E-state index contributed by atoms with van der Waals surface area (Å²) in [5.74, 6) is -0.508. The van der Waals surface area contributed by atoms with Gasteiger partial charge in [0.05, 0.1) is 12.5 Å². The number of fused-ring (bicyclic) bond motifs is 1. The molecule has 0 saturated heterocycles. The molecule has 2 heterocycles. The highest BCUT2D eigenvalue weighted by atomic mass is 16.4. The van der Waals surface area contributed by atoms with Crippen LogP contribution < -0.4 is 5.32 Å². The highest BCUT2D eigenvalue weighted by Crippen LogP contribution is 2.25. The number of pyridine rings is 1. The zero-order valence-electron chi connectivity index (χ0n) is 10.3. The van der Waals surface area contributed by atoms with Crippen LogP contribution in [0.25, 0.3) is 0 Å². The van der Waals surface area contributed by atoms with Gasteiger partial charge in [-0.2, -0.15) is 0 Å². The van der Waals surface area contributed by atoms with E-state index in [1.54, 1.807) is 18.6 Å². The summed E-state index contributed by atoms with van der Waals surface area (Å²) in [4.78, 5) is 15.7. The van der Waals surface area contributed by atoms with Gasteiger partial charge in [-0.15, -0.1) is 0 Å². The Bertz CT molecular complexity index is 605. The number of aryl methyl sites for hydroxylation is 2. The molecule has 0 saturated carbocycles. The molecule has 2 N–H and O–H groups in total. The molecule has 0 aliphatic heterocycles. The van der Waals surface area contributed by atoms with E-state index in [9.17, 15) is 9.90 Å². The highest BCUT2D eigenvalue weighted by Gasteiger charge is 2.19. The number of aromatic carboxylic acids is 1. The van der Waals surface area contributed by atoms with Gasteiger partial charge < -0.3 is 14.8 Å². The molecule has 1 aliphatic carbocycles. The van der Waals surface area contributed by atoms with Crippen molar-refractivity contribution in [3.05, 3.63) is 47.0 Å². The number of hydrogen-bond donors (Lipinski definition) is 2. The minimum Gasteiger partial charge on any atom is -0.478 e. The smallest absolute Gasteiger partial charge is 0.339 e. The highest BCUT2D eigenvalue weighted by molar-refractivity contribution is 5.93. The summed E-state index contributed by atoms with van der Waals surface area (Å²) < 4.78 is 4.98. The molecule has 0 amide bonds. The van der Waals surface area contributed by atoms with Gasteiger partial charge in [-0.1, -0.05) is 0 Å². The number of rotatable bonds is 4. The van der Waals surface area contributed by atoms with Crippen molar-refractivity contribution in [3.8, 4) is 0 Å². The number of furan rings is 1. The molecule has 0 aromatic carbocycles. The van der Waals surface area contributed by atoms with Crippen LogP contribution in [0.15, 0.2) is 29.1 Å². The van der Waals surface area contributed by atoms with E-state index < -0.39 is 5.97 Å². The Kier molecular flexibility index (Phi) is 2.95. The fourth-order valence-corrected chi connectivity index (χ4v) is 2.35. The Morgan fingerprint density at radius 2 is 2.37 bits per heavy atom. The second-order valence-corrected chi connectivity index (χ2v) is 4.63. The van der Waals surface area contributed by atoms with E-state index >= 15 is 0 Å². The topological polar surface area (TPSA) is 75.4 Å². The first-order chi connectivity index (χ1) is 9.24. The fraction of sp³-hybridized carbons (Fsp3) is 0.286. The van der Waals surface area contributed by atoms with Crippen LogP contribution >= 0.6 is 0 Å². The molecule has 0 unspecified atom stereocenters. The van der Waals surface area contributed by atoms with Gasteiger partial charge in [-0.3, -0.25) is 0 Å². The maximum absolute atomic E-state index is 11.3. The van der Waals surface area contributed by atoms with Gasteiger partial charge in [-0.25, -0.2) is 9.78 Å². The van der Waals surface area contributed by atoms with Crippen molar-refractivity contribution in [2.45, 2.75) is 25.8 Å². The number of nitrogens with zero attached hydrogens (tertiary/aromatic N) is 1. The Labute approximate surface area is 110 Å². The van der Waals surface area contributed by atoms with Gasteiger partial charge in [0, 0.05) is 17.8 Å². The lowest BCUT2D eigenvalue weighted by Gasteiger charge is -2.10. The zero-order chi connectivity index (χ0) is 13.2. The van der Waals surface area contributed by atoms with Gasteiger partial charge in [0.25, 0.3) is 0 Å². The summed E-state index contributed by atoms with van der Waals surface area (Å²) in [5, 5.41) is 12.3. The minimum absolute atomic E-state index is 0.240. The standard InChI is InChI=1S/C14H14N2O3/c17-14(18)11-6-10-2-1-3-12(10)16-13(11)15-7-9-4-5-19-8-9/h4-6,8H,1-3,7H2,(H,15,16)(H,17,18). The molecule has 5 nitrogen and oxygen atoms in total. The fourth-order valence-electron chi connectivity index (χ4n) is 2.35. The third-order valence-electron chi connectivity index (χ3n) is 3.32. The average Bonchev–Trinajstić information content (AvgIpc) is 3.05. The van der Waals surface area contributed by atoms with Crippen LogP contribution in [0.1, 0.15) is 33.6 Å². The third-order valence-corrected chi connectivity index (χ3v) is 3.32. The number of nitrogens with one attached hydrogen (secondary N) is 1. The minimum atomic E-state index is -0.947. The molecule has 2 aromatic heterocycles. The monoisotopic (exact) mass is 258 g/mol. The van der Waals surface area contributed by atoms with Gasteiger partial charge in [0.15, 0.2) is 0 Å². The number of carbonyl (C=O) groups is 1. The van der Waals surface area contributed by atoms with Crippen molar-refractivity contribution in [2.24, 2.45) is 0 Å². The first-order valence-electron chi connectivity index (χ1n) is 6.25. The molecule has 3 rings (SSSR count). The normalized spacial score (nSPS) is 13.3. The Morgan fingerprint density at radius 1 is 1.47 bits per heavy atom. The van der Waals surface area contributed by atoms with Gasteiger partial charge in [0.2, 0.25) is 0 Å². The summed E-state index contributed by atoms with van der Waals surface area (Å²) >= 11 is 0. The lowest BCUT2D eigenvalue weighted by Crippen LogP contribution is -2.10. The zero-order valence-corrected chi connectivity index (χ0v) is 10.3. The molecule has 19 heavy (non-hydrogen) atoms. The van der Waals surface area contributed by atoms with Crippen LogP contribution in [0.3, 0.4) is 0 Å². The van der Waals surface area contributed by atoms with E-state index in [0.29, 0.717) is 12.4 Å². The number of aromatic nitrogens is 1. The molecule has 1 aliphatic rings. The van der Waals surface area contributed by atoms with Gasteiger partial charge >= 0.3 is 5.97 Å². The Balaban J connectivity index is 1.88. The van der Waals surface area contributed by atoms with E-state index in [0.717, 1.165) is 36.1 Å². The van der Waals surface area contributed by atoms with Crippen molar-refractivity contribution in [2.75, 3.05) is 5.32 Å². The lowest BCUT2D eigenvalue weighted by molar-refractivity contribution is 0.0697. The number of hydrogen-bond acceptors (Lipinski definition) is 4. The van der Waals surface area contributed by atoms with E-state index in [4.69, 9.17) is 4.42 Å². The summed E-state index contributed by atoms with van der Waals surface area (Å²) in [6.07, 6.45) is 6.11. The van der Waals surface area contributed by atoms with Crippen LogP contribution in [0.2, 0.25) is 0 Å². The van der Waals surface area contributed by atoms with Crippen molar-refractivity contribution >= 4 is 11.8 Å². The molecule has 5 heteroatoms. The van der Waals surface area contributed by atoms with Crippen LogP contribution in [-0.4, -0.2) is 16.1 Å². The Hall–Kier alpha value is -2.30. The maximum Gasteiger partial charge on any atom is 0.339 e. The molecular formula is C14H14N2O3. The quantitative estimate of drug-likeness (QED) is 0.881. The summed E-state index contributed by atoms with van der Waals surface area (Å²) in [7, 11) is 0.